The molecule has 2 heterocycles. The fraction of sp³-hybridized carbons (Fsp3) is 0.500. The molecule has 9 heavy (non-hydrogen) atoms. The first-order chi connectivity index (χ1) is 4.45. The van der Waals surface area contributed by atoms with Gasteiger partial charge in [-0.2, -0.15) is 0 Å². The Bertz CT molecular complexity index is 140. The van der Waals surface area contributed by atoms with Crippen molar-refractivity contribution in [2.45, 2.75) is 25.0 Å². The maximum absolute atomic E-state index is 5.55. The third-order valence-corrected chi connectivity index (χ3v) is 1.79. The Morgan fingerprint density at radius 1 is 1.00 bits per heavy atom. The van der Waals surface area contributed by atoms with Gasteiger partial charge in [-0.15, -0.1) is 0 Å². The van der Waals surface area contributed by atoms with E-state index in [2.05, 4.69) is 24.3 Å². The van der Waals surface area contributed by atoms with Crippen molar-refractivity contribution in [2.75, 3.05) is 0 Å². The van der Waals surface area contributed by atoms with Crippen molar-refractivity contribution in [3.63, 3.8) is 0 Å². The highest BCUT2D eigenvalue weighted by molar-refractivity contribution is 5.08. The summed E-state index contributed by atoms with van der Waals surface area (Å²) in [4.78, 5) is 0. The molecule has 0 saturated heterocycles. The summed E-state index contributed by atoms with van der Waals surface area (Å²) in [5.74, 6) is 0. The number of rotatable bonds is 0. The lowest BCUT2D eigenvalue weighted by Crippen LogP contribution is -2.24. The van der Waals surface area contributed by atoms with Gasteiger partial charge in [-0.1, -0.05) is 24.3 Å². The Balaban J connectivity index is 2.20. The van der Waals surface area contributed by atoms with E-state index in [9.17, 15) is 0 Å². The van der Waals surface area contributed by atoms with Crippen LogP contribution >= 0.6 is 0 Å². The molecule has 0 spiro atoms. The first-order valence-electron chi connectivity index (χ1n) is 3.44. The topological polar surface area (TPSA) is 9.23 Å². The second kappa shape index (κ2) is 1.99. The van der Waals surface area contributed by atoms with Crippen LogP contribution in [0.15, 0.2) is 24.3 Å². The van der Waals surface area contributed by atoms with Gasteiger partial charge in [0, 0.05) is 0 Å². The van der Waals surface area contributed by atoms with Crippen LogP contribution in [-0.2, 0) is 4.74 Å². The summed E-state index contributed by atoms with van der Waals surface area (Å²) in [5.41, 5.74) is 0. The summed E-state index contributed by atoms with van der Waals surface area (Å²) in [6, 6.07) is 0. The van der Waals surface area contributed by atoms with Gasteiger partial charge in [0.05, 0.1) is 12.2 Å². The van der Waals surface area contributed by atoms with Crippen LogP contribution in [0.5, 0.6) is 0 Å². The molecule has 2 atom stereocenters. The van der Waals surface area contributed by atoms with Gasteiger partial charge >= 0.3 is 0 Å². The molecule has 0 aromatic rings. The smallest absolute Gasteiger partial charge is 0.0798 e. The minimum absolute atomic E-state index is 0.383. The fourth-order valence-corrected chi connectivity index (χ4v) is 1.31. The minimum atomic E-state index is 0.383. The second-order valence-electron chi connectivity index (χ2n) is 2.54. The molecule has 0 aromatic heterocycles. The Morgan fingerprint density at radius 3 is 2.00 bits per heavy atom. The van der Waals surface area contributed by atoms with Crippen LogP contribution < -0.4 is 0 Å². The lowest BCUT2D eigenvalue weighted by molar-refractivity contribution is 0.0273. The van der Waals surface area contributed by atoms with E-state index in [1.807, 2.05) is 0 Å². The van der Waals surface area contributed by atoms with Gasteiger partial charge in [0.2, 0.25) is 0 Å². The van der Waals surface area contributed by atoms with Crippen LogP contribution in [0.1, 0.15) is 12.8 Å². The van der Waals surface area contributed by atoms with Gasteiger partial charge in [-0.25, -0.2) is 0 Å². The molecule has 0 unspecified atom stereocenters. The van der Waals surface area contributed by atoms with E-state index in [1.165, 1.54) is 0 Å². The molecule has 0 fully saturated rings. The molecule has 2 aliphatic rings. The Kier molecular flexibility index (Phi) is 1.16. The van der Waals surface area contributed by atoms with Gasteiger partial charge in [0.15, 0.2) is 0 Å². The Labute approximate surface area is 55.0 Å². The quantitative estimate of drug-likeness (QED) is 0.444. The average Bonchev–Trinajstić information content (AvgIpc) is 1.88. The molecule has 0 radical (unpaired) electrons. The standard InChI is InChI=1S/C8H10O/c1-3-7-5-2-6-8(4-1)9-7/h1-3,6-8H,4-5H2/t7-,8+/m1/s1. The maximum atomic E-state index is 5.55. The molecule has 2 aliphatic heterocycles. The largest absolute Gasteiger partial charge is 0.366 e. The zero-order valence-corrected chi connectivity index (χ0v) is 5.29. The van der Waals surface area contributed by atoms with Gasteiger partial charge in [-0.3, -0.25) is 0 Å². The molecule has 0 saturated carbocycles. The lowest BCUT2D eigenvalue weighted by atomic mass is 10.0. The fourth-order valence-electron chi connectivity index (χ4n) is 1.31. The van der Waals surface area contributed by atoms with Crippen molar-refractivity contribution >= 4 is 0 Å². The normalized spacial score (nSPS) is 39.1. The van der Waals surface area contributed by atoms with Gasteiger partial charge < -0.3 is 4.74 Å². The van der Waals surface area contributed by atoms with Crippen molar-refractivity contribution < 1.29 is 4.74 Å². The molecular formula is C8H10O. The molecule has 2 rings (SSSR count). The van der Waals surface area contributed by atoms with E-state index in [-0.39, 0.29) is 0 Å². The van der Waals surface area contributed by atoms with Gasteiger partial charge in [0.25, 0.3) is 0 Å². The summed E-state index contributed by atoms with van der Waals surface area (Å²) in [5, 5.41) is 0. The predicted octanol–water partition coefficient (Wildman–Crippen LogP) is 1.66. The van der Waals surface area contributed by atoms with Crippen molar-refractivity contribution in [3.05, 3.63) is 24.3 Å². The zero-order valence-electron chi connectivity index (χ0n) is 5.29. The van der Waals surface area contributed by atoms with Gasteiger partial charge in [-0.05, 0) is 12.8 Å². The highest BCUT2D eigenvalue weighted by Crippen LogP contribution is 2.20. The highest BCUT2D eigenvalue weighted by Gasteiger charge is 2.17. The Morgan fingerprint density at radius 2 is 1.56 bits per heavy atom. The minimum Gasteiger partial charge on any atom is -0.366 e. The lowest BCUT2D eigenvalue weighted by Gasteiger charge is -2.26. The van der Waals surface area contributed by atoms with Crippen LogP contribution in [0.25, 0.3) is 0 Å². The van der Waals surface area contributed by atoms with E-state index in [4.69, 9.17) is 4.74 Å². The van der Waals surface area contributed by atoms with Crippen molar-refractivity contribution in [2.24, 2.45) is 0 Å². The van der Waals surface area contributed by atoms with E-state index in [0.717, 1.165) is 12.8 Å². The van der Waals surface area contributed by atoms with E-state index < -0.39 is 0 Å². The van der Waals surface area contributed by atoms with E-state index >= 15 is 0 Å². The summed E-state index contributed by atoms with van der Waals surface area (Å²) in [6.45, 7) is 0. The van der Waals surface area contributed by atoms with E-state index in [1.54, 1.807) is 0 Å². The summed E-state index contributed by atoms with van der Waals surface area (Å²) >= 11 is 0. The predicted molar refractivity (Wildman–Crippen MR) is 36.2 cm³/mol. The first-order valence-corrected chi connectivity index (χ1v) is 3.44. The van der Waals surface area contributed by atoms with Crippen LogP contribution in [0, 0.1) is 0 Å². The first kappa shape index (κ1) is 5.24. The second-order valence-corrected chi connectivity index (χ2v) is 2.54. The number of fused-ring (bicyclic) bond motifs is 2. The third kappa shape index (κ3) is 0.924. The molecule has 0 N–H and O–H groups in total. The monoisotopic (exact) mass is 122 g/mol. The number of ether oxygens (including phenoxy) is 1. The Hall–Kier alpha value is -0.560. The molecule has 1 nitrogen and oxygen atoms in total. The zero-order chi connectivity index (χ0) is 6.10. The number of hydrogen-bond acceptors (Lipinski definition) is 1. The molecule has 0 aromatic carbocycles. The van der Waals surface area contributed by atoms with Crippen molar-refractivity contribution in [3.8, 4) is 0 Å². The average molecular weight is 122 g/mol. The maximum Gasteiger partial charge on any atom is 0.0798 e. The number of hydrogen-bond donors (Lipinski definition) is 0. The van der Waals surface area contributed by atoms with Gasteiger partial charge in [0.1, 0.15) is 0 Å². The summed E-state index contributed by atoms with van der Waals surface area (Å²) in [7, 11) is 0. The van der Waals surface area contributed by atoms with E-state index in [0.29, 0.717) is 12.2 Å². The molecular weight excluding hydrogens is 112 g/mol. The third-order valence-electron chi connectivity index (χ3n) is 1.79. The summed E-state index contributed by atoms with van der Waals surface area (Å²) < 4.78 is 5.55. The SMILES string of the molecule is C1=C[C@@H]2CC=C[C@H](C1)O2. The van der Waals surface area contributed by atoms with Crippen LogP contribution in [0.2, 0.25) is 0 Å². The van der Waals surface area contributed by atoms with Crippen LogP contribution in [0.3, 0.4) is 0 Å². The molecule has 0 aliphatic carbocycles. The van der Waals surface area contributed by atoms with Crippen LogP contribution in [-0.4, -0.2) is 12.2 Å². The molecule has 2 bridgehead atoms. The molecule has 0 amide bonds. The van der Waals surface area contributed by atoms with Crippen molar-refractivity contribution in [1.82, 2.24) is 0 Å². The molecule has 1 heteroatoms. The highest BCUT2D eigenvalue weighted by atomic mass is 16.5. The van der Waals surface area contributed by atoms with Crippen LogP contribution in [0.4, 0.5) is 0 Å². The summed E-state index contributed by atoms with van der Waals surface area (Å²) in [6.07, 6.45) is 11.6. The van der Waals surface area contributed by atoms with Crippen molar-refractivity contribution in [1.29, 1.82) is 0 Å². The molecule has 48 valence electrons.